The average molecular weight is 429 g/mol. The van der Waals surface area contributed by atoms with E-state index >= 15 is 0 Å². The summed E-state index contributed by atoms with van der Waals surface area (Å²) < 4.78 is 32.7. The van der Waals surface area contributed by atoms with Crippen LogP contribution in [0.1, 0.15) is 25.5 Å². The lowest BCUT2D eigenvalue weighted by atomic mass is 9.95. The number of nitrogens with zero attached hydrogens (tertiary/aromatic N) is 1. The van der Waals surface area contributed by atoms with Crippen molar-refractivity contribution in [1.29, 1.82) is 0 Å². The van der Waals surface area contributed by atoms with Gasteiger partial charge in [0.2, 0.25) is 11.8 Å². The van der Waals surface area contributed by atoms with Crippen LogP contribution in [0, 0.1) is 0 Å². The van der Waals surface area contributed by atoms with Gasteiger partial charge in [0.25, 0.3) is 0 Å². The molecule has 2 fully saturated rings. The molecule has 4 atom stereocenters. The number of carbonyl (C=O) groups is 3. The average Bonchev–Trinajstić information content (AvgIpc) is 2.85. The van der Waals surface area contributed by atoms with Gasteiger partial charge in [0.05, 0.1) is 0 Å². The smallest absolute Gasteiger partial charge is 0.334 e. The minimum Gasteiger partial charge on any atom is -0.480 e. The van der Waals surface area contributed by atoms with Crippen molar-refractivity contribution in [2.75, 3.05) is 0 Å². The molecule has 2 aliphatic heterocycles. The summed E-state index contributed by atoms with van der Waals surface area (Å²) in [7, 11) is -4.70. The van der Waals surface area contributed by atoms with Gasteiger partial charge < -0.3 is 15.3 Å². The summed E-state index contributed by atoms with van der Waals surface area (Å²) in [6.45, 7) is 3.40. The van der Waals surface area contributed by atoms with E-state index in [9.17, 15) is 27.9 Å². The Labute approximate surface area is 165 Å². The van der Waals surface area contributed by atoms with Crippen molar-refractivity contribution in [3.8, 4) is 0 Å². The molecule has 4 N–H and O–H groups in total. The van der Waals surface area contributed by atoms with Gasteiger partial charge in [-0.3, -0.25) is 14.1 Å². The van der Waals surface area contributed by atoms with Crippen LogP contribution in [0.5, 0.6) is 0 Å². The van der Waals surface area contributed by atoms with E-state index in [4.69, 9.17) is 4.55 Å². The van der Waals surface area contributed by atoms with Crippen molar-refractivity contribution in [2.24, 2.45) is 0 Å². The lowest BCUT2D eigenvalue weighted by Crippen LogP contribution is -2.71. The number of amides is 2. The first-order chi connectivity index (χ1) is 12.9. The zero-order chi connectivity index (χ0) is 20.9. The lowest BCUT2D eigenvalue weighted by molar-refractivity contribution is -0.161. The van der Waals surface area contributed by atoms with Crippen LogP contribution in [-0.4, -0.2) is 63.0 Å². The zero-order valence-electron chi connectivity index (χ0n) is 14.9. The first-order valence-corrected chi connectivity index (χ1v) is 10.6. The van der Waals surface area contributed by atoms with Crippen LogP contribution >= 0.6 is 11.8 Å². The molecule has 0 spiro atoms. The number of rotatable bonds is 6. The number of carboxylic acid groups (broad SMARTS) is 1. The number of carboxylic acids is 1. The van der Waals surface area contributed by atoms with E-state index in [0.29, 0.717) is 0 Å². The molecule has 0 unspecified atom stereocenters. The topological polar surface area (TPSA) is 153 Å². The fourth-order valence-corrected chi connectivity index (χ4v) is 5.62. The second-order valence-corrected chi connectivity index (χ2v) is 9.98. The molecule has 2 amide bonds. The number of hydrogen-bond acceptors (Lipinski definition) is 6. The molecule has 2 heterocycles. The quantitative estimate of drug-likeness (QED) is 0.357. The van der Waals surface area contributed by atoms with Gasteiger partial charge >= 0.3 is 16.3 Å². The normalized spacial score (nSPS) is 26.9. The van der Waals surface area contributed by atoms with E-state index in [0.717, 1.165) is 0 Å². The third-order valence-corrected chi connectivity index (χ3v) is 6.74. The zero-order valence-corrected chi connectivity index (χ0v) is 16.5. The summed E-state index contributed by atoms with van der Waals surface area (Å²) in [6, 6.07) is 4.36. The number of thioether (sulfide) groups is 1. The Morgan fingerprint density at radius 2 is 1.86 bits per heavy atom. The minimum absolute atomic E-state index is 0.268. The Morgan fingerprint density at radius 1 is 1.25 bits per heavy atom. The SMILES string of the molecule is CC1(C)S[C@@H]2[C@H](NC(=O)[C@@H](NS(=O)(=O)O)c3ccccc3)C(=O)N2[C@H]1C(=O)O. The summed E-state index contributed by atoms with van der Waals surface area (Å²) in [5, 5.41) is 11.3. The van der Waals surface area contributed by atoms with Crippen LogP contribution in [0.25, 0.3) is 0 Å². The molecule has 0 radical (unpaired) electrons. The predicted octanol–water partition coefficient (Wildman–Crippen LogP) is -0.248. The molecule has 0 aliphatic carbocycles. The fourth-order valence-electron chi connectivity index (χ4n) is 3.45. The molecule has 0 saturated carbocycles. The van der Waals surface area contributed by atoms with Crippen molar-refractivity contribution in [2.45, 2.75) is 42.1 Å². The van der Waals surface area contributed by atoms with Crippen LogP contribution in [0.4, 0.5) is 0 Å². The summed E-state index contributed by atoms with van der Waals surface area (Å²) >= 11 is 1.25. The molecule has 2 aliphatic rings. The second-order valence-electron chi connectivity index (χ2n) is 7.02. The van der Waals surface area contributed by atoms with Crippen molar-refractivity contribution >= 4 is 39.8 Å². The molecular formula is C16H19N3O7S2. The van der Waals surface area contributed by atoms with Gasteiger partial charge in [0.15, 0.2) is 0 Å². The third kappa shape index (κ3) is 3.72. The highest BCUT2D eigenvalue weighted by Gasteiger charge is 2.64. The number of carbonyl (C=O) groups excluding carboxylic acids is 2. The molecule has 1 aromatic rings. The Balaban J connectivity index is 1.80. The first kappa shape index (κ1) is 20.6. The van der Waals surface area contributed by atoms with Crippen LogP contribution in [0.2, 0.25) is 0 Å². The summed E-state index contributed by atoms with van der Waals surface area (Å²) in [5.41, 5.74) is 0.268. The van der Waals surface area contributed by atoms with Crippen molar-refractivity contribution in [1.82, 2.24) is 14.9 Å². The van der Waals surface area contributed by atoms with Gasteiger partial charge in [0, 0.05) is 4.75 Å². The largest absolute Gasteiger partial charge is 0.480 e. The molecule has 28 heavy (non-hydrogen) atoms. The standard InChI is InChI=1S/C16H19N3O7S2/c1-16(2)11(15(22)23)19-13(21)10(14(19)27-16)17-12(20)9(18-28(24,25)26)8-6-4-3-5-7-8/h3-7,9-11,14,18H,1-2H3,(H,17,20)(H,22,23)(H,24,25,26)/t9-,10+,11-,14+/m0/s1. The number of aliphatic carboxylic acids is 1. The Kier molecular flexibility index (Phi) is 5.17. The van der Waals surface area contributed by atoms with E-state index in [1.807, 2.05) is 4.72 Å². The van der Waals surface area contributed by atoms with Gasteiger partial charge in [-0.2, -0.15) is 13.1 Å². The Morgan fingerprint density at radius 3 is 2.39 bits per heavy atom. The molecule has 3 rings (SSSR count). The molecule has 0 bridgehead atoms. The van der Waals surface area contributed by atoms with Crippen molar-refractivity contribution < 1.29 is 32.5 Å². The number of β-lactam (4-membered cyclic amide) rings is 1. The second kappa shape index (κ2) is 7.03. The molecule has 2 saturated heterocycles. The maximum atomic E-state index is 12.7. The highest BCUT2D eigenvalue weighted by atomic mass is 32.2. The fraction of sp³-hybridized carbons (Fsp3) is 0.438. The highest BCUT2D eigenvalue weighted by Crippen LogP contribution is 2.50. The Hall–Kier alpha value is -2.15. The van der Waals surface area contributed by atoms with Gasteiger partial charge in [-0.1, -0.05) is 30.3 Å². The van der Waals surface area contributed by atoms with Crippen LogP contribution in [0.3, 0.4) is 0 Å². The molecule has 12 heteroatoms. The maximum absolute atomic E-state index is 12.7. The molecule has 1 aromatic carbocycles. The van der Waals surface area contributed by atoms with Crippen LogP contribution in [0.15, 0.2) is 30.3 Å². The van der Waals surface area contributed by atoms with E-state index < -0.39 is 56.3 Å². The van der Waals surface area contributed by atoms with Gasteiger partial charge in [0.1, 0.15) is 23.5 Å². The number of hydrogen-bond donors (Lipinski definition) is 4. The molecule has 152 valence electrons. The number of nitrogens with one attached hydrogen (secondary N) is 2. The summed E-state index contributed by atoms with van der Waals surface area (Å²) in [6.07, 6.45) is 0. The lowest BCUT2D eigenvalue weighted by Gasteiger charge is -2.43. The third-order valence-electron chi connectivity index (χ3n) is 4.63. The van der Waals surface area contributed by atoms with E-state index in [-0.39, 0.29) is 5.56 Å². The maximum Gasteiger partial charge on any atom is 0.334 e. The summed E-state index contributed by atoms with van der Waals surface area (Å²) in [5.74, 6) is -2.52. The number of benzene rings is 1. The molecule has 0 aromatic heterocycles. The monoisotopic (exact) mass is 429 g/mol. The first-order valence-electron chi connectivity index (χ1n) is 8.25. The minimum atomic E-state index is -4.70. The van der Waals surface area contributed by atoms with Gasteiger partial charge in [-0.25, -0.2) is 4.79 Å². The van der Waals surface area contributed by atoms with Gasteiger partial charge in [-0.15, -0.1) is 11.8 Å². The van der Waals surface area contributed by atoms with Crippen LogP contribution < -0.4 is 10.0 Å². The highest BCUT2D eigenvalue weighted by molar-refractivity contribution is 8.01. The molecular weight excluding hydrogens is 410 g/mol. The van der Waals surface area contributed by atoms with E-state index in [1.165, 1.54) is 28.8 Å². The predicted molar refractivity (Wildman–Crippen MR) is 99.5 cm³/mol. The number of fused-ring (bicyclic) bond motifs is 1. The summed E-state index contributed by atoms with van der Waals surface area (Å²) in [4.78, 5) is 37.9. The van der Waals surface area contributed by atoms with Crippen molar-refractivity contribution in [3.05, 3.63) is 35.9 Å². The van der Waals surface area contributed by atoms with E-state index in [2.05, 4.69) is 5.32 Å². The molecule has 10 nitrogen and oxygen atoms in total. The van der Waals surface area contributed by atoms with E-state index in [1.54, 1.807) is 32.0 Å². The van der Waals surface area contributed by atoms with Crippen LogP contribution in [-0.2, 0) is 24.7 Å². The van der Waals surface area contributed by atoms with Gasteiger partial charge in [-0.05, 0) is 19.4 Å². The Bertz CT molecular complexity index is 919. The van der Waals surface area contributed by atoms with Crippen molar-refractivity contribution in [3.63, 3.8) is 0 Å².